The van der Waals surface area contributed by atoms with Crippen LogP contribution in [0.2, 0.25) is 0 Å². The Morgan fingerprint density at radius 3 is 2.14 bits per heavy atom. The van der Waals surface area contributed by atoms with E-state index in [-0.39, 0.29) is 6.04 Å². The minimum absolute atomic E-state index is 0.208. The Morgan fingerprint density at radius 2 is 1.71 bits per heavy atom. The molecule has 0 atom stereocenters. The lowest BCUT2D eigenvalue weighted by atomic mass is 9.49. The zero-order chi connectivity index (χ0) is 15.0. The summed E-state index contributed by atoms with van der Waals surface area (Å²) < 4.78 is 0. The molecular weight excluding hydrogens is 260 g/mol. The first-order chi connectivity index (χ1) is 10.0. The number of carbonyl (C=O) groups excluding carboxylic acids is 1. The fourth-order valence-electron chi connectivity index (χ4n) is 5.77. The van der Waals surface area contributed by atoms with Crippen LogP contribution < -0.4 is 0 Å². The third kappa shape index (κ3) is 2.96. The van der Waals surface area contributed by atoms with E-state index in [4.69, 9.17) is 5.26 Å². The minimum Gasteiger partial charge on any atom is -0.339 e. The van der Waals surface area contributed by atoms with Gasteiger partial charge in [-0.05, 0) is 75.5 Å². The van der Waals surface area contributed by atoms with Crippen LogP contribution in [0.25, 0.3) is 0 Å². The van der Waals surface area contributed by atoms with Gasteiger partial charge in [0.25, 0.3) is 0 Å². The summed E-state index contributed by atoms with van der Waals surface area (Å²) in [7, 11) is 0. The Kier molecular flexibility index (Phi) is 3.99. The topological polar surface area (TPSA) is 44.1 Å². The molecule has 0 aromatic rings. The largest absolute Gasteiger partial charge is 0.339 e. The van der Waals surface area contributed by atoms with Crippen LogP contribution >= 0.6 is 0 Å². The molecule has 116 valence electrons. The summed E-state index contributed by atoms with van der Waals surface area (Å²) in [4.78, 5) is 14.7. The van der Waals surface area contributed by atoms with Gasteiger partial charge in [0.15, 0.2) is 0 Å². The van der Waals surface area contributed by atoms with Gasteiger partial charge in [0, 0.05) is 19.0 Å². The van der Waals surface area contributed by atoms with E-state index >= 15 is 0 Å². The fraction of sp³-hybridized carbons (Fsp3) is 0.889. The predicted molar refractivity (Wildman–Crippen MR) is 82.3 cm³/mol. The van der Waals surface area contributed by atoms with Crippen molar-refractivity contribution < 1.29 is 4.79 Å². The van der Waals surface area contributed by atoms with Crippen molar-refractivity contribution in [3.63, 3.8) is 0 Å². The summed E-state index contributed by atoms with van der Waals surface area (Å²) in [6.07, 6.45) is 9.32. The maximum atomic E-state index is 12.8. The van der Waals surface area contributed by atoms with Crippen LogP contribution in [0.5, 0.6) is 0 Å². The Morgan fingerprint density at radius 1 is 1.19 bits per heavy atom. The fourth-order valence-corrected chi connectivity index (χ4v) is 5.77. The molecule has 4 rings (SSSR count). The van der Waals surface area contributed by atoms with E-state index in [0.717, 1.165) is 24.2 Å². The van der Waals surface area contributed by atoms with E-state index < -0.39 is 0 Å². The highest BCUT2D eigenvalue weighted by Crippen LogP contribution is 2.61. The molecule has 0 N–H and O–H groups in total. The van der Waals surface area contributed by atoms with Gasteiger partial charge in [0.2, 0.25) is 5.91 Å². The molecule has 0 saturated heterocycles. The smallest absolute Gasteiger partial charge is 0.223 e. The first-order valence-electron chi connectivity index (χ1n) is 8.68. The van der Waals surface area contributed by atoms with Gasteiger partial charge < -0.3 is 4.90 Å². The van der Waals surface area contributed by atoms with Gasteiger partial charge in [0.05, 0.1) is 12.5 Å². The third-order valence-electron chi connectivity index (χ3n) is 6.10. The van der Waals surface area contributed by atoms with Gasteiger partial charge >= 0.3 is 0 Å². The molecule has 21 heavy (non-hydrogen) atoms. The average molecular weight is 288 g/mol. The van der Waals surface area contributed by atoms with Crippen LogP contribution in [0.4, 0.5) is 0 Å². The highest BCUT2D eigenvalue weighted by atomic mass is 16.2. The average Bonchev–Trinajstić information content (AvgIpc) is 2.36. The predicted octanol–water partition coefficient (Wildman–Crippen LogP) is 3.74. The molecule has 0 heterocycles. The minimum atomic E-state index is 0.208. The van der Waals surface area contributed by atoms with Crippen LogP contribution in [-0.2, 0) is 4.79 Å². The zero-order valence-electron chi connectivity index (χ0n) is 13.5. The van der Waals surface area contributed by atoms with Crippen molar-refractivity contribution in [2.45, 2.75) is 71.3 Å². The third-order valence-corrected chi connectivity index (χ3v) is 6.10. The van der Waals surface area contributed by atoms with Gasteiger partial charge in [-0.15, -0.1) is 0 Å². The number of amides is 1. The maximum absolute atomic E-state index is 12.8. The molecule has 0 spiro atoms. The van der Waals surface area contributed by atoms with Crippen molar-refractivity contribution in [3.8, 4) is 6.07 Å². The van der Waals surface area contributed by atoms with Crippen molar-refractivity contribution in [1.82, 2.24) is 4.90 Å². The standard InChI is InChI=1S/C18H28N2O/c1-13(2)20(5-3-4-19)17(21)12-18-9-14-6-15(10-18)8-16(7-14)11-18/h13-16H,3,5-12H2,1-2H3. The summed E-state index contributed by atoms with van der Waals surface area (Å²) in [5.74, 6) is 2.99. The van der Waals surface area contributed by atoms with Crippen LogP contribution in [0.15, 0.2) is 0 Å². The maximum Gasteiger partial charge on any atom is 0.223 e. The SMILES string of the molecule is CC(C)N(CCC#N)C(=O)CC12CC3CC(CC(C3)C1)C2. The molecule has 4 aliphatic rings. The van der Waals surface area contributed by atoms with Crippen LogP contribution in [0.1, 0.15) is 65.2 Å². The number of nitrogens with zero attached hydrogens (tertiary/aromatic N) is 2. The van der Waals surface area contributed by atoms with Crippen LogP contribution in [0, 0.1) is 34.5 Å². The molecule has 4 saturated carbocycles. The lowest BCUT2D eigenvalue weighted by molar-refractivity contribution is -0.141. The number of hydrogen-bond acceptors (Lipinski definition) is 2. The molecule has 1 amide bonds. The summed E-state index contributed by atoms with van der Waals surface area (Å²) >= 11 is 0. The van der Waals surface area contributed by atoms with Crippen LogP contribution in [0.3, 0.4) is 0 Å². The van der Waals surface area contributed by atoms with E-state index in [1.54, 1.807) is 0 Å². The molecule has 4 fully saturated rings. The molecule has 0 aromatic carbocycles. The lowest BCUT2D eigenvalue weighted by Crippen LogP contribution is -2.49. The summed E-state index contributed by atoms with van der Waals surface area (Å²) in [6, 6.07) is 2.38. The molecule has 0 radical (unpaired) electrons. The van der Waals surface area contributed by atoms with Crippen LogP contribution in [-0.4, -0.2) is 23.4 Å². The summed E-state index contributed by atoms with van der Waals surface area (Å²) in [5.41, 5.74) is 0.311. The second-order valence-electron chi connectivity index (χ2n) is 8.18. The zero-order valence-corrected chi connectivity index (χ0v) is 13.5. The van der Waals surface area contributed by atoms with E-state index in [1.807, 2.05) is 4.90 Å². The van der Waals surface area contributed by atoms with E-state index in [9.17, 15) is 4.79 Å². The number of hydrogen-bond donors (Lipinski definition) is 0. The molecular formula is C18H28N2O. The number of nitriles is 1. The first kappa shape index (κ1) is 14.9. The van der Waals surface area contributed by atoms with Crippen molar-refractivity contribution in [2.24, 2.45) is 23.2 Å². The molecule has 0 aliphatic heterocycles. The summed E-state index contributed by atoms with van der Waals surface area (Å²) in [5, 5.41) is 8.79. The molecule has 4 aliphatic carbocycles. The quantitative estimate of drug-likeness (QED) is 0.773. The summed E-state index contributed by atoms with van der Waals surface area (Å²) in [6.45, 7) is 4.73. The van der Waals surface area contributed by atoms with Crippen molar-refractivity contribution in [2.75, 3.05) is 6.54 Å². The molecule has 3 heteroatoms. The van der Waals surface area contributed by atoms with Gasteiger partial charge in [-0.25, -0.2) is 0 Å². The first-order valence-corrected chi connectivity index (χ1v) is 8.68. The Hall–Kier alpha value is -1.04. The monoisotopic (exact) mass is 288 g/mol. The molecule has 0 aromatic heterocycles. The van der Waals surface area contributed by atoms with E-state index in [0.29, 0.717) is 24.3 Å². The lowest BCUT2D eigenvalue weighted by Gasteiger charge is -2.57. The molecule has 4 bridgehead atoms. The Labute approximate surface area is 128 Å². The molecule has 3 nitrogen and oxygen atoms in total. The van der Waals surface area contributed by atoms with Gasteiger partial charge in [-0.3, -0.25) is 4.79 Å². The second kappa shape index (κ2) is 5.63. The van der Waals surface area contributed by atoms with Crippen molar-refractivity contribution >= 4 is 5.91 Å². The number of carbonyl (C=O) groups is 1. The number of rotatable bonds is 5. The van der Waals surface area contributed by atoms with Crippen molar-refractivity contribution in [1.29, 1.82) is 5.26 Å². The van der Waals surface area contributed by atoms with Gasteiger partial charge in [-0.1, -0.05) is 0 Å². The van der Waals surface area contributed by atoms with Gasteiger partial charge in [0.1, 0.15) is 0 Å². The highest BCUT2D eigenvalue weighted by Gasteiger charge is 2.51. The normalized spacial score (nSPS) is 36.8. The second-order valence-corrected chi connectivity index (χ2v) is 8.18. The highest BCUT2D eigenvalue weighted by molar-refractivity contribution is 5.77. The molecule has 0 unspecified atom stereocenters. The van der Waals surface area contributed by atoms with Crippen molar-refractivity contribution in [3.05, 3.63) is 0 Å². The van der Waals surface area contributed by atoms with Gasteiger partial charge in [-0.2, -0.15) is 5.26 Å². The Balaban J connectivity index is 1.67. The van der Waals surface area contributed by atoms with E-state index in [2.05, 4.69) is 19.9 Å². The Bertz CT molecular complexity index is 413. The van der Waals surface area contributed by atoms with E-state index in [1.165, 1.54) is 38.5 Å².